The number of halogens is 4. The molecule has 1 unspecified atom stereocenters. The number of thiazole rings is 1. The van der Waals surface area contributed by atoms with Crippen LogP contribution in [0.5, 0.6) is 11.5 Å². The van der Waals surface area contributed by atoms with Gasteiger partial charge in [0.25, 0.3) is 0 Å². The second-order valence-corrected chi connectivity index (χ2v) is 8.17. The van der Waals surface area contributed by atoms with E-state index in [4.69, 9.17) is 0 Å². The van der Waals surface area contributed by atoms with Crippen molar-refractivity contribution in [3.63, 3.8) is 0 Å². The summed E-state index contributed by atoms with van der Waals surface area (Å²) in [4.78, 5) is 17.3. The van der Waals surface area contributed by atoms with Crippen molar-refractivity contribution in [2.45, 2.75) is 46.0 Å². The zero-order valence-electron chi connectivity index (χ0n) is 16.0. The van der Waals surface area contributed by atoms with Gasteiger partial charge in [0.05, 0.1) is 5.69 Å². The third-order valence-electron chi connectivity index (χ3n) is 4.34. The summed E-state index contributed by atoms with van der Waals surface area (Å²) in [6.45, 7) is 7.54. The molecule has 0 bridgehead atoms. The molecule has 0 radical (unpaired) electrons. The number of carbonyl (C=O) groups is 1. The first-order valence-corrected chi connectivity index (χ1v) is 9.53. The maximum absolute atomic E-state index is 13.5. The summed E-state index contributed by atoms with van der Waals surface area (Å²) in [5.41, 5.74) is 0.293. The fourth-order valence-electron chi connectivity index (χ4n) is 2.40. The molecule has 1 aliphatic rings. The van der Waals surface area contributed by atoms with Gasteiger partial charge in [0.2, 0.25) is 0 Å². The zero-order valence-corrected chi connectivity index (χ0v) is 16.8. The average molecular weight is 433 g/mol. The molecule has 2 amide bonds. The number of hydrogen-bond acceptors (Lipinski definition) is 4. The highest BCUT2D eigenvalue weighted by Gasteiger charge is 2.65. The molecule has 0 aliphatic carbocycles. The van der Waals surface area contributed by atoms with Crippen molar-refractivity contribution in [3.05, 3.63) is 34.1 Å². The molecule has 2 heterocycles. The molecule has 11 heteroatoms. The fraction of sp³-hybridized carbons (Fsp3) is 0.444. The van der Waals surface area contributed by atoms with E-state index in [0.29, 0.717) is 5.69 Å². The minimum atomic E-state index is -4.81. The van der Waals surface area contributed by atoms with Gasteiger partial charge in [-0.15, -0.1) is 11.3 Å². The number of aryl methyl sites for hydroxylation is 1. The standard InChI is InChI=1S/C18H19F4N3O3S/c1-9(2)11(4)23-15(26)24-16-25(8-10(3)29-16)12-5-6-13-14(7-12)28-18(21,22)17(19,20)27-13/h5-9,11H,1-4H3,(H,23,26). The molecule has 1 aliphatic heterocycles. The predicted octanol–water partition coefficient (Wildman–Crippen LogP) is 4.46. The number of hydrogen-bond donors (Lipinski definition) is 1. The molecule has 1 aromatic carbocycles. The molecule has 0 fully saturated rings. The Labute approximate surface area is 167 Å². The van der Waals surface area contributed by atoms with Crippen molar-refractivity contribution in [2.24, 2.45) is 10.9 Å². The van der Waals surface area contributed by atoms with Crippen molar-refractivity contribution >= 4 is 17.4 Å². The SMILES string of the molecule is Cc1cn(-c2ccc3c(c2)OC(F)(F)C(F)(F)O3)c(=NC(=O)NC(C)C(C)C)s1. The second kappa shape index (κ2) is 7.36. The Kier molecular flexibility index (Phi) is 5.37. The highest BCUT2D eigenvalue weighted by molar-refractivity contribution is 7.09. The highest BCUT2D eigenvalue weighted by Crippen LogP contribution is 2.47. The quantitative estimate of drug-likeness (QED) is 0.727. The number of nitrogens with one attached hydrogen (secondary N) is 1. The summed E-state index contributed by atoms with van der Waals surface area (Å²) < 4.78 is 63.3. The van der Waals surface area contributed by atoms with E-state index in [1.807, 2.05) is 20.8 Å². The van der Waals surface area contributed by atoms with E-state index in [9.17, 15) is 22.4 Å². The lowest BCUT2D eigenvalue weighted by atomic mass is 10.1. The van der Waals surface area contributed by atoms with E-state index < -0.39 is 29.7 Å². The summed E-state index contributed by atoms with van der Waals surface area (Å²) in [5.74, 6) is -0.846. The molecule has 0 saturated heterocycles. The van der Waals surface area contributed by atoms with Gasteiger partial charge in [-0.2, -0.15) is 22.6 Å². The number of alkyl halides is 4. The minimum Gasteiger partial charge on any atom is -0.421 e. The Morgan fingerprint density at radius 3 is 2.38 bits per heavy atom. The van der Waals surface area contributed by atoms with E-state index in [1.165, 1.54) is 22.0 Å². The van der Waals surface area contributed by atoms with Crippen LogP contribution in [0.1, 0.15) is 25.6 Å². The van der Waals surface area contributed by atoms with Crippen molar-refractivity contribution in [1.29, 1.82) is 0 Å². The van der Waals surface area contributed by atoms with Gasteiger partial charge in [-0.3, -0.25) is 4.57 Å². The number of aromatic nitrogens is 1. The van der Waals surface area contributed by atoms with Crippen molar-refractivity contribution in [3.8, 4) is 17.2 Å². The van der Waals surface area contributed by atoms with Gasteiger partial charge < -0.3 is 14.8 Å². The summed E-state index contributed by atoms with van der Waals surface area (Å²) in [7, 11) is 0. The van der Waals surface area contributed by atoms with Crippen LogP contribution in [-0.2, 0) is 0 Å². The Bertz CT molecular complexity index is 1000. The number of ether oxygens (including phenoxy) is 2. The van der Waals surface area contributed by atoms with Crippen molar-refractivity contribution in [1.82, 2.24) is 9.88 Å². The van der Waals surface area contributed by atoms with Crippen molar-refractivity contribution in [2.75, 3.05) is 0 Å². The summed E-state index contributed by atoms with van der Waals surface area (Å²) in [6, 6.07) is 2.95. The Morgan fingerprint density at radius 2 is 1.76 bits per heavy atom. The number of carbonyl (C=O) groups excluding carboxylic acids is 1. The van der Waals surface area contributed by atoms with E-state index in [2.05, 4.69) is 19.8 Å². The number of nitrogens with zero attached hydrogens (tertiary/aromatic N) is 2. The summed E-state index contributed by atoms with van der Waals surface area (Å²) >= 11 is 1.21. The molecule has 0 spiro atoms. The Hall–Kier alpha value is -2.56. The Morgan fingerprint density at radius 1 is 1.14 bits per heavy atom. The Balaban J connectivity index is 1.97. The highest BCUT2D eigenvalue weighted by atomic mass is 32.1. The van der Waals surface area contributed by atoms with Gasteiger partial charge >= 0.3 is 18.2 Å². The molecule has 2 aromatic rings. The number of rotatable bonds is 3. The maximum atomic E-state index is 13.5. The molecule has 3 rings (SSSR count). The zero-order chi connectivity index (χ0) is 21.6. The molecule has 6 nitrogen and oxygen atoms in total. The summed E-state index contributed by atoms with van der Waals surface area (Å²) in [5, 5.41) is 2.75. The molecular formula is C18H19F4N3O3S. The van der Waals surface area contributed by atoms with Gasteiger partial charge in [-0.1, -0.05) is 13.8 Å². The number of fused-ring (bicyclic) bond motifs is 1. The van der Waals surface area contributed by atoms with Gasteiger partial charge in [0.15, 0.2) is 16.3 Å². The monoisotopic (exact) mass is 433 g/mol. The molecule has 1 N–H and O–H groups in total. The van der Waals surface area contributed by atoms with E-state index in [-0.39, 0.29) is 16.8 Å². The third-order valence-corrected chi connectivity index (χ3v) is 5.24. The maximum Gasteiger partial charge on any atom is 0.507 e. The number of urea groups is 1. The summed E-state index contributed by atoms with van der Waals surface area (Å²) in [6.07, 6.45) is -7.95. The fourth-order valence-corrected chi connectivity index (χ4v) is 3.24. The third kappa shape index (κ3) is 4.24. The molecular weight excluding hydrogens is 414 g/mol. The topological polar surface area (TPSA) is 64.8 Å². The van der Waals surface area contributed by atoms with E-state index in [0.717, 1.165) is 17.0 Å². The largest absolute Gasteiger partial charge is 0.507 e. The molecule has 0 saturated carbocycles. The van der Waals surface area contributed by atoms with Crippen LogP contribution in [0.3, 0.4) is 0 Å². The first kappa shape index (κ1) is 21.2. The van der Waals surface area contributed by atoms with E-state index >= 15 is 0 Å². The van der Waals surface area contributed by atoms with Gasteiger partial charge in [-0.25, -0.2) is 4.79 Å². The van der Waals surface area contributed by atoms with Crippen LogP contribution in [-0.4, -0.2) is 28.9 Å². The van der Waals surface area contributed by atoms with Crippen molar-refractivity contribution < 1.29 is 31.8 Å². The average Bonchev–Trinajstić information content (AvgIpc) is 2.94. The lowest BCUT2D eigenvalue weighted by Gasteiger charge is -2.31. The van der Waals surface area contributed by atoms with Crippen LogP contribution < -0.4 is 19.6 Å². The molecule has 1 atom stereocenters. The van der Waals surface area contributed by atoms with Crippen LogP contribution in [0.15, 0.2) is 29.4 Å². The van der Waals surface area contributed by atoms with Crippen LogP contribution in [0, 0.1) is 12.8 Å². The smallest absolute Gasteiger partial charge is 0.421 e. The predicted molar refractivity (Wildman–Crippen MR) is 97.9 cm³/mol. The lowest BCUT2D eigenvalue weighted by Crippen LogP contribution is -2.52. The first-order chi connectivity index (χ1) is 13.4. The van der Waals surface area contributed by atoms with E-state index in [1.54, 1.807) is 13.1 Å². The normalized spacial score (nSPS) is 18.6. The molecule has 29 heavy (non-hydrogen) atoms. The van der Waals surface area contributed by atoms with Gasteiger partial charge in [0.1, 0.15) is 0 Å². The molecule has 158 valence electrons. The number of amides is 2. The molecule has 1 aromatic heterocycles. The van der Waals surface area contributed by atoms with Crippen LogP contribution >= 0.6 is 11.3 Å². The second-order valence-electron chi connectivity index (χ2n) is 6.96. The first-order valence-electron chi connectivity index (χ1n) is 8.72. The van der Waals surface area contributed by atoms with Crippen LogP contribution in [0.25, 0.3) is 5.69 Å². The number of benzene rings is 1. The van der Waals surface area contributed by atoms with Gasteiger partial charge in [-0.05, 0) is 31.9 Å². The van der Waals surface area contributed by atoms with Crippen LogP contribution in [0.4, 0.5) is 22.4 Å². The minimum absolute atomic E-state index is 0.0982. The van der Waals surface area contributed by atoms with Crippen LogP contribution in [0.2, 0.25) is 0 Å². The lowest BCUT2D eigenvalue weighted by molar-refractivity contribution is -0.391. The van der Waals surface area contributed by atoms with Gasteiger partial charge in [0, 0.05) is 23.2 Å².